The minimum atomic E-state index is -0.238. The number of rotatable bonds is 4. The fourth-order valence-electron chi connectivity index (χ4n) is 3.16. The number of benzene rings is 2. The van der Waals surface area contributed by atoms with Crippen LogP contribution in [0, 0.1) is 5.92 Å². The molecule has 3 rings (SSSR count). The number of ether oxygens (including phenoxy) is 1. The van der Waals surface area contributed by atoms with Crippen LogP contribution in [0.3, 0.4) is 0 Å². The first-order chi connectivity index (χ1) is 12.6. The second-order valence-corrected chi connectivity index (χ2v) is 6.73. The lowest BCUT2D eigenvalue weighted by atomic mass is 9.96. The summed E-state index contributed by atoms with van der Waals surface area (Å²) in [5, 5.41) is 3.40. The van der Waals surface area contributed by atoms with Crippen molar-refractivity contribution in [2.75, 3.05) is 25.5 Å². The van der Waals surface area contributed by atoms with Gasteiger partial charge in [0.15, 0.2) is 0 Å². The summed E-state index contributed by atoms with van der Waals surface area (Å²) >= 11 is 6.04. The molecule has 5 nitrogen and oxygen atoms in total. The molecule has 0 bridgehead atoms. The van der Waals surface area contributed by atoms with Gasteiger partial charge in [-0.1, -0.05) is 29.8 Å². The Morgan fingerprint density at radius 2 is 1.96 bits per heavy atom. The molecule has 0 spiro atoms. The number of hydrogen-bond acceptors (Lipinski definition) is 3. The van der Waals surface area contributed by atoms with Crippen LogP contribution in [0.15, 0.2) is 48.5 Å². The van der Waals surface area contributed by atoms with Crippen molar-refractivity contribution in [1.29, 1.82) is 0 Å². The van der Waals surface area contributed by atoms with Crippen LogP contribution in [-0.4, -0.2) is 36.9 Å². The lowest BCUT2D eigenvalue weighted by molar-refractivity contribution is -0.121. The molecule has 0 saturated carbocycles. The van der Waals surface area contributed by atoms with Crippen LogP contribution in [0.2, 0.25) is 5.02 Å². The molecule has 2 amide bonds. The van der Waals surface area contributed by atoms with E-state index in [1.165, 1.54) is 7.11 Å². The third kappa shape index (κ3) is 4.17. The molecular weight excluding hydrogens is 352 g/mol. The second-order valence-electron chi connectivity index (χ2n) is 6.29. The summed E-state index contributed by atoms with van der Waals surface area (Å²) in [5.41, 5.74) is 1.18. The van der Waals surface area contributed by atoms with E-state index in [9.17, 15) is 9.59 Å². The Balaban J connectivity index is 1.71. The lowest BCUT2D eigenvalue weighted by Crippen LogP contribution is -2.43. The van der Waals surface area contributed by atoms with Gasteiger partial charge in [-0.25, -0.2) is 0 Å². The van der Waals surface area contributed by atoms with E-state index in [-0.39, 0.29) is 17.7 Å². The number of nitrogens with one attached hydrogen (secondary N) is 1. The summed E-state index contributed by atoms with van der Waals surface area (Å²) in [7, 11) is 1.52. The molecule has 1 fully saturated rings. The third-order valence-corrected chi connectivity index (χ3v) is 4.75. The molecule has 1 atom stereocenters. The summed E-state index contributed by atoms with van der Waals surface area (Å²) in [5.74, 6) is 0.0154. The first kappa shape index (κ1) is 18.3. The van der Waals surface area contributed by atoms with Crippen molar-refractivity contribution >= 4 is 29.1 Å². The Labute approximate surface area is 157 Å². The van der Waals surface area contributed by atoms with Gasteiger partial charge in [-0.3, -0.25) is 9.59 Å². The molecule has 1 aliphatic rings. The third-order valence-electron chi connectivity index (χ3n) is 4.51. The zero-order valence-corrected chi connectivity index (χ0v) is 15.3. The van der Waals surface area contributed by atoms with Gasteiger partial charge in [0.1, 0.15) is 5.75 Å². The highest BCUT2D eigenvalue weighted by atomic mass is 35.5. The fourth-order valence-corrected chi connectivity index (χ4v) is 3.33. The van der Waals surface area contributed by atoms with Crippen LogP contribution < -0.4 is 10.1 Å². The maximum Gasteiger partial charge on any atom is 0.257 e. The number of nitrogens with zero attached hydrogens (tertiary/aromatic N) is 1. The molecule has 2 aromatic carbocycles. The average molecular weight is 373 g/mol. The first-order valence-corrected chi connectivity index (χ1v) is 8.95. The Morgan fingerprint density at radius 3 is 2.69 bits per heavy atom. The number of para-hydroxylation sites is 1. The van der Waals surface area contributed by atoms with E-state index >= 15 is 0 Å². The topological polar surface area (TPSA) is 58.6 Å². The number of halogens is 1. The van der Waals surface area contributed by atoms with Crippen molar-refractivity contribution in [3.8, 4) is 5.75 Å². The highest BCUT2D eigenvalue weighted by Gasteiger charge is 2.30. The second kappa shape index (κ2) is 8.23. The molecular formula is C20H21ClN2O3. The van der Waals surface area contributed by atoms with Gasteiger partial charge in [0.05, 0.1) is 18.6 Å². The van der Waals surface area contributed by atoms with E-state index in [0.29, 0.717) is 29.4 Å². The van der Waals surface area contributed by atoms with Gasteiger partial charge >= 0.3 is 0 Å². The highest BCUT2D eigenvalue weighted by Crippen LogP contribution is 2.27. The highest BCUT2D eigenvalue weighted by molar-refractivity contribution is 6.31. The predicted molar refractivity (Wildman–Crippen MR) is 102 cm³/mol. The summed E-state index contributed by atoms with van der Waals surface area (Å²) in [6.45, 7) is 0.997. The average Bonchev–Trinajstić information content (AvgIpc) is 2.68. The van der Waals surface area contributed by atoms with E-state index in [0.717, 1.165) is 18.5 Å². The van der Waals surface area contributed by atoms with Crippen molar-refractivity contribution in [1.82, 2.24) is 4.90 Å². The number of amides is 2. The standard InChI is InChI=1S/C20H21ClN2O3/c1-26-18-10-9-15(21)12-17(18)20(25)23-11-5-6-14(13-23)19(24)22-16-7-3-2-4-8-16/h2-4,7-10,12,14H,5-6,11,13H2,1H3,(H,22,24)/t14-/m0/s1. The molecule has 26 heavy (non-hydrogen) atoms. The summed E-state index contributed by atoms with van der Waals surface area (Å²) in [6.07, 6.45) is 1.54. The van der Waals surface area contributed by atoms with Crippen molar-refractivity contribution in [3.63, 3.8) is 0 Å². The predicted octanol–water partition coefficient (Wildman–Crippen LogP) is 3.84. The molecule has 6 heteroatoms. The number of carbonyl (C=O) groups is 2. The van der Waals surface area contributed by atoms with Gasteiger partial charge in [0.2, 0.25) is 5.91 Å². The van der Waals surface area contributed by atoms with E-state index in [1.807, 2.05) is 30.3 Å². The maximum atomic E-state index is 12.9. The van der Waals surface area contributed by atoms with E-state index < -0.39 is 0 Å². The number of carbonyl (C=O) groups excluding carboxylic acids is 2. The van der Waals surface area contributed by atoms with Gasteiger partial charge in [0, 0.05) is 23.8 Å². The lowest BCUT2D eigenvalue weighted by Gasteiger charge is -2.32. The van der Waals surface area contributed by atoms with Gasteiger partial charge in [-0.05, 0) is 43.2 Å². The Morgan fingerprint density at radius 1 is 1.19 bits per heavy atom. The van der Waals surface area contributed by atoms with Crippen LogP contribution in [0.25, 0.3) is 0 Å². The minimum absolute atomic E-state index is 0.0632. The first-order valence-electron chi connectivity index (χ1n) is 8.57. The maximum absolute atomic E-state index is 12.9. The van der Waals surface area contributed by atoms with E-state index in [4.69, 9.17) is 16.3 Å². The Kier molecular flexibility index (Phi) is 5.78. The van der Waals surface area contributed by atoms with Crippen molar-refractivity contribution in [2.45, 2.75) is 12.8 Å². The number of likely N-dealkylation sites (tertiary alicyclic amines) is 1. The number of methoxy groups -OCH3 is 1. The number of piperidine rings is 1. The van der Waals surface area contributed by atoms with Crippen LogP contribution in [0.5, 0.6) is 5.75 Å². The molecule has 0 unspecified atom stereocenters. The van der Waals surface area contributed by atoms with Crippen LogP contribution in [-0.2, 0) is 4.79 Å². The SMILES string of the molecule is COc1ccc(Cl)cc1C(=O)N1CCC[C@H](C(=O)Nc2ccccc2)C1. The monoisotopic (exact) mass is 372 g/mol. The minimum Gasteiger partial charge on any atom is -0.496 e. The van der Waals surface area contributed by atoms with E-state index in [2.05, 4.69) is 5.32 Å². The van der Waals surface area contributed by atoms with Crippen molar-refractivity contribution in [2.24, 2.45) is 5.92 Å². The summed E-state index contributed by atoms with van der Waals surface area (Å²) in [4.78, 5) is 27.2. The van der Waals surface area contributed by atoms with Gasteiger partial charge in [-0.2, -0.15) is 0 Å². The van der Waals surface area contributed by atoms with Crippen LogP contribution in [0.4, 0.5) is 5.69 Å². The molecule has 1 aliphatic heterocycles. The Hall–Kier alpha value is -2.53. The summed E-state index contributed by atoms with van der Waals surface area (Å²) in [6, 6.07) is 14.3. The zero-order chi connectivity index (χ0) is 18.5. The van der Waals surface area contributed by atoms with Crippen LogP contribution >= 0.6 is 11.6 Å². The van der Waals surface area contributed by atoms with Crippen LogP contribution in [0.1, 0.15) is 23.2 Å². The molecule has 136 valence electrons. The molecule has 2 aromatic rings. The molecule has 0 aliphatic carbocycles. The molecule has 0 aromatic heterocycles. The van der Waals surface area contributed by atoms with Gasteiger partial charge < -0.3 is 15.0 Å². The number of anilines is 1. The smallest absolute Gasteiger partial charge is 0.257 e. The quantitative estimate of drug-likeness (QED) is 0.887. The molecule has 1 heterocycles. The molecule has 0 radical (unpaired) electrons. The van der Waals surface area contributed by atoms with Gasteiger partial charge in [-0.15, -0.1) is 0 Å². The fraction of sp³-hybridized carbons (Fsp3) is 0.300. The zero-order valence-electron chi connectivity index (χ0n) is 14.6. The normalized spacial score (nSPS) is 16.8. The largest absolute Gasteiger partial charge is 0.496 e. The Bertz CT molecular complexity index is 795. The van der Waals surface area contributed by atoms with E-state index in [1.54, 1.807) is 23.1 Å². The molecule has 1 saturated heterocycles. The summed E-state index contributed by atoms with van der Waals surface area (Å²) < 4.78 is 5.28. The van der Waals surface area contributed by atoms with Gasteiger partial charge in [0.25, 0.3) is 5.91 Å². The van der Waals surface area contributed by atoms with Crippen molar-refractivity contribution < 1.29 is 14.3 Å². The molecule has 1 N–H and O–H groups in total. The van der Waals surface area contributed by atoms with Crippen molar-refractivity contribution in [3.05, 3.63) is 59.1 Å². The number of hydrogen-bond donors (Lipinski definition) is 1.